The van der Waals surface area contributed by atoms with Crippen LogP contribution < -0.4 is 5.73 Å². The Morgan fingerprint density at radius 3 is 2.73 bits per heavy atom. The molecule has 1 aromatic rings. The average Bonchev–Trinajstić information content (AvgIpc) is 2.25. The summed E-state index contributed by atoms with van der Waals surface area (Å²) in [4.78, 5) is 1.20. The summed E-state index contributed by atoms with van der Waals surface area (Å²) >= 11 is 7.84. The highest BCUT2D eigenvalue weighted by atomic mass is 35.5. The van der Waals surface area contributed by atoms with Gasteiger partial charge in [0.2, 0.25) is 0 Å². The number of benzene rings is 1. The van der Waals surface area contributed by atoms with Crippen molar-refractivity contribution in [2.75, 3.05) is 18.9 Å². The number of hydrogen-bond acceptors (Lipinski definition) is 3. The number of anilines is 1. The van der Waals surface area contributed by atoms with Gasteiger partial charge < -0.3 is 10.5 Å². The molecule has 0 amide bonds. The summed E-state index contributed by atoms with van der Waals surface area (Å²) in [7, 11) is 0. The second-order valence-corrected chi connectivity index (χ2v) is 5.39. The zero-order valence-electron chi connectivity index (χ0n) is 8.41. The summed E-state index contributed by atoms with van der Waals surface area (Å²) in [6.07, 6.45) is 2.24. The Bertz CT molecular complexity index is 339. The maximum absolute atomic E-state index is 5.97. The molecule has 4 heteroatoms. The van der Waals surface area contributed by atoms with E-state index >= 15 is 0 Å². The molecule has 1 fully saturated rings. The standard InChI is InChI=1S/C11H14ClNOS/c12-10-7-9(1-2-11(10)13)15-8-3-5-14-6-4-8/h1-2,7-8H,3-6,13H2. The van der Waals surface area contributed by atoms with Crippen molar-refractivity contribution in [1.29, 1.82) is 0 Å². The third kappa shape index (κ3) is 3.03. The molecule has 2 rings (SSSR count). The van der Waals surface area contributed by atoms with Crippen LogP contribution in [0.5, 0.6) is 0 Å². The molecule has 0 bridgehead atoms. The lowest BCUT2D eigenvalue weighted by atomic mass is 10.2. The topological polar surface area (TPSA) is 35.2 Å². The van der Waals surface area contributed by atoms with Crippen LogP contribution in [0, 0.1) is 0 Å². The third-order valence-corrected chi connectivity index (χ3v) is 4.10. The van der Waals surface area contributed by atoms with Crippen LogP contribution in [0.2, 0.25) is 5.02 Å². The Hall–Kier alpha value is -0.380. The van der Waals surface area contributed by atoms with Crippen LogP contribution in [0.3, 0.4) is 0 Å². The van der Waals surface area contributed by atoms with E-state index in [-0.39, 0.29) is 0 Å². The van der Waals surface area contributed by atoms with Crippen molar-refractivity contribution in [3.8, 4) is 0 Å². The molecule has 0 saturated carbocycles. The van der Waals surface area contributed by atoms with Crippen molar-refractivity contribution in [3.05, 3.63) is 23.2 Å². The van der Waals surface area contributed by atoms with Crippen LogP contribution in [-0.2, 0) is 4.74 Å². The van der Waals surface area contributed by atoms with Gasteiger partial charge in [-0.05, 0) is 31.0 Å². The van der Waals surface area contributed by atoms with Gasteiger partial charge in [-0.25, -0.2) is 0 Å². The summed E-state index contributed by atoms with van der Waals surface area (Å²) in [5, 5.41) is 1.30. The van der Waals surface area contributed by atoms with Crippen LogP contribution in [-0.4, -0.2) is 18.5 Å². The number of thioether (sulfide) groups is 1. The Morgan fingerprint density at radius 1 is 1.33 bits per heavy atom. The van der Waals surface area contributed by atoms with Gasteiger partial charge in [-0.1, -0.05) is 11.6 Å². The molecule has 1 heterocycles. The van der Waals surface area contributed by atoms with Crippen molar-refractivity contribution in [1.82, 2.24) is 0 Å². The summed E-state index contributed by atoms with van der Waals surface area (Å²) < 4.78 is 5.32. The monoisotopic (exact) mass is 243 g/mol. The zero-order chi connectivity index (χ0) is 10.7. The van der Waals surface area contributed by atoms with Gasteiger partial charge >= 0.3 is 0 Å². The van der Waals surface area contributed by atoms with E-state index in [4.69, 9.17) is 22.1 Å². The van der Waals surface area contributed by atoms with Gasteiger partial charge in [0.25, 0.3) is 0 Å². The number of hydrogen-bond donors (Lipinski definition) is 1. The molecule has 82 valence electrons. The first-order valence-corrected chi connectivity index (χ1v) is 6.31. The molecule has 0 unspecified atom stereocenters. The molecule has 1 saturated heterocycles. The number of rotatable bonds is 2. The summed E-state index contributed by atoms with van der Waals surface area (Å²) in [6, 6.07) is 5.84. The molecule has 15 heavy (non-hydrogen) atoms. The fraction of sp³-hybridized carbons (Fsp3) is 0.455. The van der Waals surface area contributed by atoms with Crippen LogP contribution in [0.25, 0.3) is 0 Å². The average molecular weight is 244 g/mol. The first kappa shape index (κ1) is 11.1. The highest BCUT2D eigenvalue weighted by Crippen LogP contribution is 2.32. The minimum Gasteiger partial charge on any atom is -0.398 e. The number of nitrogens with two attached hydrogens (primary N) is 1. The van der Waals surface area contributed by atoms with Crippen molar-refractivity contribution in [3.63, 3.8) is 0 Å². The summed E-state index contributed by atoms with van der Waals surface area (Å²) in [6.45, 7) is 1.75. The molecule has 1 aliphatic heterocycles. The van der Waals surface area contributed by atoms with Gasteiger partial charge in [0.15, 0.2) is 0 Å². The van der Waals surface area contributed by atoms with E-state index in [0.29, 0.717) is 16.0 Å². The smallest absolute Gasteiger partial charge is 0.0646 e. The minimum atomic E-state index is 0.645. The predicted molar refractivity (Wildman–Crippen MR) is 65.6 cm³/mol. The fourth-order valence-corrected chi connectivity index (χ4v) is 2.96. The van der Waals surface area contributed by atoms with E-state index < -0.39 is 0 Å². The number of ether oxygens (including phenoxy) is 1. The largest absolute Gasteiger partial charge is 0.398 e. The first-order chi connectivity index (χ1) is 7.25. The molecule has 1 aliphatic rings. The molecular formula is C11H14ClNOS. The molecule has 0 aromatic heterocycles. The van der Waals surface area contributed by atoms with E-state index in [0.717, 1.165) is 26.1 Å². The Kier molecular flexibility index (Phi) is 3.78. The fourth-order valence-electron chi connectivity index (χ4n) is 1.57. The highest BCUT2D eigenvalue weighted by Gasteiger charge is 2.15. The molecule has 0 aliphatic carbocycles. The van der Waals surface area contributed by atoms with Gasteiger partial charge in [0.05, 0.1) is 10.7 Å². The Balaban J connectivity index is 2.00. The lowest BCUT2D eigenvalue weighted by Gasteiger charge is -2.21. The Labute approximate surface area is 99.1 Å². The quantitative estimate of drug-likeness (QED) is 0.811. The highest BCUT2D eigenvalue weighted by molar-refractivity contribution is 8.00. The first-order valence-electron chi connectivity index (χ1n) is 5.05. The Morgan fingerprint density at radius 2 is 2.07 bits per heavy atom. The second kappa shape index (κ2) is 5.10. The van der Waals surface area contributed by atoms with Gasteiger partial charge in [-0.15, -0.1) is 11.8 Å². The van der Waals surface area contributed by atoms with E-state index in [1.807, 2.05) is 30.0 Å². The molecule has 1 aromatic carbocycles. The van der Waals surface area contributed by atoms with Crippen LogP contribution in [0.4, 0.5) is 5.69 Å². The van der Waals surface area contributed by atoms with Crippen molar-refractivity contribution >= 4 is 29.1 Å². The predicted octanol–water partition coefficient (Wildman–Crippen LogP) is 3.19. The lowest BCUT2D eigenvalue weighted by Crippen LogP contribution is -2.17. The molecule has 2 N–H and O–H groups in total. The molecular weight excluding hydrogens is 230 g/mol. The van der Waals surface area contributed by atoms with E-state index in [2.05, 4.69) is 0 Å². The van der Waals surface area contributed by atoms with E-state index in [1.165, 1.54) is 4.90 Å². The normalized spacial score (nSPS) is 17.9. The van der Waals surface area contributed by atoms with Gasteiger partial charge in [0, 0.05) is 23.4 Å². The number of nitrogen functional groups attached to an aromatic ring is 1. The second-order valence-electron chi connectivity index (χ2n) is 3.61. The lowest BCUT2D eigenvalue weighted by molar-refractivity contribution is 0.100. The van der Waals surface area contributed by atoms with E-state index in [9.17, 15) is 0 Å². The third-order valence-electron chi connectivity index (χ3n) is 2.44. The van der Waals surface area contributed by atoms with Crippen LogP contribution in [0.15, 0.2) is 23.1 Å². The molecule has 0 spiro atoms. The van der Waals surface area contributed by atoms with E-state index in [1.54, 1.807) is 0 Å². The minimum absolute atomic E-state index is 0.645. The zero-order valence-corrected chi connectivity index (χ0v) is 9.98. The summed E-state index contributed by atoms with van der Waals surface area (Å²) in [5.74, 6) is 0. The van der Waals surface area contributed by atoms with Crippen molar-refractivity contribution in [2.45, 2.75) is 23.0 Å². The van der Waals surface area contributed by atoms with Crippen molar-refractivity contribution in [2.24, 2.45) is 0 Å². The van der Waals surface area contributed by atoms with Crippen molar-refractivity contribution < 1.29 is 4.74 Å². The molecule has 2 nitrogen and oxygen atoms in total. The summed E-state index contributed by atoms with van der Waals surface area (Å²) in [5.41, 5.74) is 6.31. The molecule has 0 radical (unpaired) electrons. The van der Waals surface area contributed by atoms with Crippen LogP contribution in [0.1, 0.15) is 12.8 Å². The SMILES string of the molecule is Nc1ccc(SC2CCOCC2)cc1Cl. The maximum Gasteiger partial charge on any atom is 0.0646 e. The van der Waals surface area contributed by atoms with Gasteiger partial charge in [0.1, 0.15) is 0 Å². The maximum atomic E-state index is 5.97. The van der Waals surface area contributed by atoms with Gasteiger partial charge in [-0.3, -0.25) is 0 Å². The number of halogens is 1. The molecule has 0 atom stereocenters. The van der Waals surface area contributed by atoms with Gasteiger partial charge in [-0.2, -0.15) is 0 Å². The van der Waals surface area contributed by atoms with Crippen LogP contribution >= 0.6 is 23.4 Å².